The minimum absolute atomic E-state index is 0.00656. The van der Waals surface area contributed by atoms with Crippen LogP contribution in [-0.4, -0.2) is 15.8 Å². The van der Waals surface area contributed by atoms with Crippen LogP contribution in [0.1, 0.15) is 5.56 Å². The van der Waals surface area contributed by atoms with Crippen molar-refractivity contribution in [3.63, 3.8) is 0 Å². The van der Waals surface area contributed by atoms with Gasteiger partial charge in [0.05, 0.1) is 10.6 Å². The SMILES string of the molecule is O=C(/C=C/c1ccc([N+](=O)[O-])cc1)Nc1ccc(-c2csc(-c3ccc(Cl)cc3)n2)cc1. The van der Waals surface area contributed by atoms with E-state index in [4.69, 9.17) is 11.6 Å². The van der Waals surface area contributed by atoms with Crippen molar-refractivity contribution in [1.29, 1.82) is 0 Å². The molecule has 0 aliphatic heterocycles. The van der Waals surface area contributed by atoms with Crippen molar-refractivity contribution < 1.29 is 9.72 Å². The number of aromatic nitrogens is 1. The Morgan fingerprint density at radius 2 is 1.62 bits per heavy atom. The maximum Gasteiger partial charge on any atom is 0.269 e. The van der Waals surface area contributed by atoms with Crippen LogP contribution in [0.15, 0.2) is 84.3 Å². The van der Waals surface area contributed by atoms with Crippen molar-refractivity contribution in [2.45, 2.75) is 0 Å². The Kier molecular flexibility index (Phi) is 6.39. The van der Waals surface area contributed by atoms with Gasteiger partial charge in [0, 0.05) is 45.4 Å². The maximum atomic E-state index is 12.2. The monoisotopic (exact) mass is 461 g/mol. The van der Waals surface area contributed by atoms with E-state index >= 15 is 0 Å². The van der Waals surface area contributed by atoms with Gasteiger partial charge in [0.1, 0.15) is 5.01 Å². The van der Waals surface area contributed by atoms with Crippen LogP contribution in [-0.2, 0) is 4.79 Å². The molecule has 1 aromatic heterocycles. The number of anilines is 1. The van der Waals surface area contributed by atoms with Gasteiger partial charge >= 0.3 is 0 Å². The van der Waals surface area contributed by atoms with Crippen LogP contribution in [0.25, 0.3) is 27.9 Å². The van der Waals surface area contributed by atoms with E-state index in [2.05, 4.69) is 10.3 Å². The number of nitro benzene ring substituents is 1. The number of rotatable bonds is 6. The van der Waals surface area contributed by atoms with E-state index in [1.807, 2.05) is 53.9 Å². The van der Waals surface area contributed by atoms with Crippen molar-refractivity contribution in [2.75, 3.05) is 5.32 Å². The maximum absolute atomic E-state index is 12.2. The number of nitrogens with one attached hydrogen (secondary N) is 1. The Bertz CT molecular complexity index is 1280. The fraction of sp³-hybridized carbons (Fsp3) is 0. The Morgan fingerprint density at radius 1 is 0.969 bits per heavy atom. The number of hydrogen-bond donors (Lipinski definition) is 1. The summed E-state index contributed by atoms with van der Waals surface area (Å²) in [4.78, 5) is 27.1. The first-order valence-corrected chi connectivity index (χ1v) is 10.8. The molecule has 0 fully saturated rings. The van der Waals surface area contributed by atoms with Crippen LogP contribution in [0.3, 0.4) is 0 Å². The first-order valence-electron chi connectivity index (χ1n) is 9.53. The molecule has 32 heavy (non-hydrogen) atoms. The van der Waals surface area contributed by atoms with Gasteiger partial charge < -0.3 is 5.32 Å². The van der Waals surface area contributed by atoms with Crippen molar-refractivity contribution in [3.05, 3.63) is 105 Å². The highest BCUT2D eigenvalue weighted by Gasteiger charge is 2.08. The Hall–Kier alpha value is -3.81. The summed E-state index contributed by atoms with van der Waals surface area (Å²) in [7, 11) is 0. The number of carbonyl (C=O) groups is 1. The van der Waals surface area contributed by atoms with Gasteiger partial charge in [0.2, 0.25) is 5.91 Å². The second-order valence-corrected chi connectivity index (χ2v) is 8.09. The highest BCUT2D eigenvalue weighted by molar-refractivity contribution is 7.13. The standard InChI is InChI=1S/C24H16ClN3O3S/c25-19-8-4-18(5-9-19)24-27-22(15-32-24)17-6-10-20(11-7-17)26-23(29)14-3-16-1-12-21(13-2-16)28(30)31/h1-15H,(H,26,29)/b14-3+. The molecule has 0 atom stereocenters. The topological polar surface area (TPSA) is 85.1 Å². The predicted octanol–water partition coefficient (Wildman–Crippen LogP) is 6.69. The van der Waals surface area contributed by atoms with E-state index in [0.717, 1.165) is 21.8 Å². The lowest BCUT2D eigenvalue weighted by molar-refractivity contribution is -0.384. The van der Waals surface area contributed by atoms with Crippen LogP contribution in [0.2, 0.25) is 5.02 Å². The van der Waals surface area contributed by atoms with E-state index in [1.54, 1.807) is 29.5 Å². The summed E-state index contributed by atoms with van der Waals surface area (Å²) < 4.78 is 0. The normalized spacial score (nSPS) is 10.9. The van der Waals surface area contributed by atoms with Gasteiger partial charge in [-0.15, -0.1) is 11.3 Å². The zero-order valence-corrected chi connectivity index (χ0v) is 18.1. The number of amides is 1. The Balaban J connectivity index is 1.39. The first kappa shape index (κ1) is 21.4. The lowest BCUT2D eigenvalue weighted by Crippen LogP contribution is -2.07. The van der Waals surface area contributed by atoms with Crippen molar-refractivity contribution in [2.24, 2.45) is 0 Å². The van der Waals surface area contributed by atoms with Crippen LogP contribution in [0.4, 0.5) is 11.4 Å². The second-order valence-electron chi connectivity index (χ2n) is 6.79. The summed E-state index contributed by atoms with van der Waals surface area (Å²) in [6, 6.07) is 20.9. The van der Waals surface area contributed by atoms with E-state index in [9.17, 15) is 14.9 Å². The Labute approximate surface area is 193 Å². The first-order chi connectivity index (χ1) is 15.5. The number of halogens is 1. The zero-order chi connectivity index (χ0) is 22.5. The van der Waals surface area contributed by atoms with Gasteiger partial charge in [-0.3, -0.25) is 14.9 Å². The third kappa shape index (κ3) is 5.26. The molecule has 4 rings (SSSR count). The van der Waals surface area contributed by atoms with Gasteiger partial charge in [0.15, 0.2) is 0 Å². The lowest BCUT2D eigenvalue weighted by atomic mass is 10.1. The van der Waals surface area contributed by atoms with E-state index in [0.29, 0.717) is 16.3 Å². The summed E-state index contributed by atoms with van der Waals surface area (Å²) in [6.07, 6.45) is 2.98. The van der Waals surface area contributed by atoms with E-state index in [1.165, 1.54) is 18.2 Å². The molecule has 0 aliphatic rings. The summed E-state index contributed by atoms with van der Waals surface area (Å²) >= 11 is 7.50. The van der Waals surface area contributed by atoms with E-state index < -0.39 is 4.92 Å². The summed E-state index contributed by atoms with van der Waals surface area (Å²) in [6.45, 7) is 0. The number of benzene rings is 3. The minimum atomic E-state index is -0.464. The average molecular weight is 462 g/mol. The van der Waals surface area contributed by atoms with Crippen LogP contribution < -0.4 is 5.32 Å². The highest BCUT2D eigenvalue weighted by atomic mass is 35.5. The van der Waals surface area contributed by atoms with Crippen molar-refractivity contribution in [3.8, 4) is 21.8 Å². The molecule has 1 amide bonds. The molecule has 158 valence electrons. The number of hydrogen-bond acceptors (Lipinski definition) is 5. The molecule has 0 saturated heterocycles. The number of nitro groups is 1. The van der Waals surface area contributed by atoms with Gasteiger partial charge in [-0.1, -0.05) is 35.9 Å². The molecule has 1 N–H and O–H groups in total. The van der Waals surface area contributed by atoms with Crippen molar-refractivity contribution >= 4 is 46.3 Å². The van der Waals surface area contributed by atoms with Gasteiger partial charge in [-0.2, -0.15) is 0 Å². The molecular formula is C24H16ClN3O3S. The Morgan fingerprint density at radius 3 is 2.28 bits per heavy atom. The molecule has 3 aromatic carbocycles. The largest absolute Gasteiger partial charge is 0.323 e. The fourth-order valence-electron chi connectivity index (χ4n) is 2.92. The smallest absolute Gasteiger partial charge is 0.269 e. The molecule has 0 saturated carbocycles. The van der Waals surface area contributed by atoms with E-state index in [-0.39, 0.29) is 11.6 Å². The quantitative estimate of drug-likeness (QED) is 0.197. The highest BCUT2D eigenvalue weighted by Crippen LogP contribution is 2.30. The minimum Gasteiger partial charge on any atom is -0.323 e. The second kappa shape index (κ2) is 9.55. The molecule has 1 heterocycles. The van der Waals surface area contributed by atoms with Crippen molar-refractivity contribution in [1.82, 2.24) is 4.98 Å². The zero-order valence-electron chi connectivity index (χ0n) is 16.6. The summed E-state index contributed by atoms with van der Waals surface area (Å²) in [5.41, 5.74) is 4.17. The summed E-state index contributed by atoms with van der Waals surface area (Å²) in [5.74, 6) is -0.296. The third-order valence-electron chi connectivity index (χ3n) is 4.57. The fourth-order valence-corrected chi connectivity index (χ4v) is 3.88. The van der Waals surface area contributed by atoms with Gasteiger partial charge in [-0.05, 0) is 48.0 Å². The molecule has 4 aromatic rings. The predicted molar refractivity (Wildman–Crippen MR) is 129 cm³/mol. The van der Waals surface area contributed by atoms with Crippen LogP contribution in [0, 0.1) is 10.1 Å². The number of carbonyl (C=O) groups excluding carboxylic acids is 1. The number of non-ortho nitro benzene ring substituents is 1. The van der Waals surface area contributed by atoms with Crippen LogP contribution >= 0.6 is 22.9 Å². The number of nitrogens with zero attached hydrogens (tertiary/aromatic N) is 2. The molecular weight excluding hydrogens is 446 g/mol. The van der Waals surface area contributed by atoms with Gasteiger partial charge in [0.25, 0.3) is 5.69 Å². The molecule has 0 aliphatic carbocycles. The lowest BCUT2D eigenvalue weighted by Gasteiger charge is -2.03. The number of thiazole rings is 1. The molecule has 0 spiro atoms. The van der Waals surface area contributed by atoms with Gasteiger partial charge in [-0.25, -0.2) is 4.98 Å². The third-order valence-corrected chi connectivity index (χ3v) is 5.72. The molecule has 6 nitrogen and oxygen atoms in total. The molecule has 0 bridgehead atoms. The molecule has 0 unspecified atom stereocenters. The summed E-state index contributed by atoms with van der Waals surface area (Å²) in [5, 5.41) is 17.1. The molecule has 0 radical (unpaired) electrons. The average Bonchev–Trinajstić information content (AvgIpc) is 3.29. The molecule has 8 heteroatoms. The van der Waals surface area contributed by atoms with Crippen LogP contribution in [0.5, 0.6) is 0 Å².